The maximum atomic E-state index is 11.6. The van der Waals surface area contributed by atoms with Gasteiger partial charge >= 0.3 is 6.09 Å². The van der Waals surface area contributed by atoms with Crippen molar-refractivity contribution in [1.29, 1.82) is 0 Å². The van der Waals surface area contributed by atoms with Crippen LogP contribution in [0.25, 0.3) is 0 Å². The molecule has 1 fully saturated rings. The molecule has 7 nitrogen and oxygen atoms in total. The maximum absolute atomic E-state index is 11.6. The second kappa shape index (κ2) is 8.37. The van der Waals surface area contributed by atoms with E-state index in [2.05, 4.69) is 11.3 Å². The summed E-state index contributed by atoms with van der Waals surface area (Å²) in [5, 5.41) is 10.8. The summed E-state index contributed by atoms with van der Waals surface area (Å²) in [4.78, 5) is 12.6. The lowest BCUT2D eigenvalue weighted by atomic mass is 9.93. The summed E-state index contributed by atoms with van der Waals surface area (Å²) >= 11 is 12.0. The molecule has 0 aromatic heterocycles. The highest BCUT2D eigenvalue weighted by Crippen LogP contribution is 2.31. The van der Waals surface area contributed by atoms with Crippen LogP contribution in [-0.2, 0) is 14.8 Å². The normalized spacial score (nSPS) is 21.6. The number of benzene rings is 1. The first-order valence-electron chi connectivity index (χ1n) is 7.40. The van der Waals surface area contributed by atoms with E-state index >= 15 is 0 Å². The molecular formula is C15H18Cl2N2O5S. The molecule has 0 radical (unpaired) electrons. The van der Waals surface area contributed by atoms with Crippen molar-refractivity contribution in [3.8, 4) is 0 Å². The summed E-state index contributed by atoms with van der Waals surface area (Å²) in [6, 6.07) is 4.97. The predicted molar refractivity (Wildman–Crippen MR) is 95.7 cm³/mol. The molecule has 0 saturated carbocycles. The second-order valence-electron chi connectivity index (χ2n) is 5.48. The van der Waals surface area contributed by atoms with Crippen LogP contribution in [0.1, 0.15) is 11.5 Å². The van der Waals surface area contributed by atoms with E-state index in [4.69, 9.17) is 27.9 Å². The summed E-state index contributed by atoms with van der Waals surface area (Å²) in [5.41, 5.74) is 0.713. The van der Waals surface area contributed by atoms with Gasteiger partial charge in [0.2, 0.25) is 10.0 Å². The van der Waals surface area contributed by atoms with Crippen LogP contribution in [0.2, 0.25) is 10.0 Å². The molecule has 0 bridgehead atoms. The average Bonchev–Trinajstić information content (AvgIpc) is 2.78. The van der Waals surface area contributed by atoms with Crippen molar-refractivity contribution in [2.45, 2.75) is 12.0 Å². The van der Waals surface area contributed by atoms with Gasteiger partial charge in [0, 0.05) is 31.0 Å². The molecule has 0 aliphatic carbocycles. The van der Waals surface area contributed by atoms with Crippen molar-refractivity contribution in [3.05, 3.63) is 45.8 Å². The van der Waals surface area contributed by atoms with E-state index in [9.17, 15) is 18.3 Å². The Morgan fingerprint density at radius 1 is 1.44 bits per heavy atom. The third-order valence-electron chi connectivity index (χ3n) is 3.91. The minimum atomic E-state index is -3.62. The van der Waals surface area contributed by atoms with Gasteiger partial charge in [0.1, 0.15) is 0 Å². The zero-order valence-electron chi connectivity index (χ0n) is 13.2. The van der Waals surface area contributed by atoms with Gasteiger partial charge < -0.3 is 14.7 Å². The number of carbonyl (C=O) groups is 1. The highest BCUT2D eigenvalue weighted by atomic mass is 35.5. The molecule has 2 N–H and O–H groups in total. The number of amides is 1. The topological polar surface area (TPSA) is 95.9 Å². The predicted octanol–water partition coefficient (Wildman–Crippen LogP) is 2.52. The molecule has 138 valence electrons. The number of rotatable bonds is 5. The average molecular weight is 409 g/mol. The van der Waals surface area contributed by atoms with Crippen LogP contribution in [-0.4, -0.2) is 56.9 Å². The fraction of sp³-hybridized carbons (Fsp3) is 0.400. The highest BCUT2D eigenvalue weighted by molar-refractivity contribution is 7.92. The smallest absolute Gasteiger partial charge is 0.407 e. The number of nitrogens with one attached hydrogen (secondary N) is 1. The van der Waals surface area contributed by atoms with Gasteiger partial charge in [-0.25, -0.2) is 17.9 Å². The Morgan fingerprint density at radius 3 is 2.76 bits per heavy atom. The van der Waals surface area contributed by atoms with Gasteiger partial charge in [0.25, 0.3) is 0 Å². The van der Waals surface area contributed by atoms with Gasteiger partial charge in [-0.3, -0.25) is 0 Å². The van der Waals surface area contributed by atoms with Crippen molar-refractivity contribution in [2.24, 2.45) is 0 Å². The van der Waals surface area contributed by atoms with Crippen LogP contribution in [0.3, 0.4) is 0 Å². The van der Waals surface area contributed by atoms with Crippen LogP contribution in [0.4, 0.5) is 4.79 Å². The van der Waals surface area contributed by atoms with Crippen molar-refractivity contribution < 1.29 is 23.1 Å². The zero-order valence-corrected chi connectivity index (χ0v) is 15.5. The van der Waals surface area contributed by atoms with E-state index in [0.29, 0.717) is 15.6 Å². The summed E-state index contributed by atoms with van der Waals surface area (Å²) in [5.74, 6) is -0.416. The fourth-order valence-corrected chi connectivity index (χ4v) is 3.39. The summed E-state index contributed by atoms with van der Waals surface area (Å²) in [6.45, 7) is 3.71. The number of ether oxygens (including phenoxy) is 1. The monoisotopic (exact) mass is 408 g/mol. The molecule has 1 aliphatic rings. The number of halogens is 2. The Balaban J connectivity index is 2.31. The van der Waals surface area contributed by atoms with Crippen molar-refractivity contribution in [3.63, 3.8) is 0 Å². The van der Waals surface area contributed by atoms with Crippen LogP contribution in [0.5, 0.6) is 0 Å². The van der Waals surface area contributed by atoms with Gasteiger partial charge in [0.05, 0.1) is 22.8 Å². The molecule has 1 amide bonds. The third kappa shape index (κ3) is 5.32. The first kappa shape index (κ1) is 20.0. The number of hydrogen-bond acceptors (Lipinski definition) is 4. The quantitative estimate of drug-likeness (QED) is 0.779. The number of nitrogens with zero attached hydrogens (tertiary/aromatic N) is 1. The Labute approximate surface area is 156 Å². The summed E-state index contributed by atoms with van der Waals surface area (Å²) in [6.07, 6.45) is -1.64. The number of carboxylic acid groups (broad SMARTS) is 1. The molecule has 1 aromatic rings. The summed E-state index contributed by atoms with van der Waals surface area (Å²) in [7, 11) is -3.62. The van der Waals surface area contributed by atoms with E-state index in [0.717, 1.165) is 5.41 Å². The second-order valence-corrected chi connectivity index (χ2v) is 8.00. The van der Waals surface area contributed by atoms with Gasteiger partial charge in [-0.05, 0) is 17.7 Å². The van der Waals surface area contributed by atoms with E-state index in [-0.39, 0.29) is 26.2 Å². The number of hydrogen-bond donors (Lipinski definition) is 2. The minimum absolute atomic E-state index is 0.0211. The Hall–Kier alpha value is -1.32. The molecule has 0 spiro atoms. The van der Waals surface area contributed by atoms with E-state index in [1.807, 2.05) is 0 Å². The first-order chi connectivity index (χ1) is 11.7. The van der Waals surface area contributed by atoms with Gasteiger partial charge in [0.15, 0.2) is 0 Å². The standard InChI is InChI=1S/C15H18Cl2N2O5S/c1-2-25(22,23)18-8-14-11(9-19(15(20)21)5-6-24-14)10-3-4-12(16)13(17)7-10/h2-4,7,11,14,18H,1,5-6,8-9H2,(H,20,21)/t11-,14+/m0/s1. The largest absolute Gasteiger partial charge is 0.465 e. The lowest BCUT2D eigenvalue weighted by Crippen LogP contribution is -2.39. The number of sulfonamides is 1. The molecule has 1 saturated heterocycles. The van der Waals surface area contributed by atoms with Crippen molar-refractivity contribution in [2.75, 3.05) is 26.2 Å². The molecule has 10 heteroatoms. The highest BCUT2D eigenvalue weighted by Gasteiger charge is 2.32. The van der Waals surface area contributed by atoms with Crippen molar-refractivity contribution >= 4 is 39.3 Å². The van der Waals surface area contributed by atoms with Gasteiger partial charge in [-0.2, -0.15) is 0 Å². The molecule has 1 aromatic carbocycles. The van der Waals surface area contributed by atoms with Crippen molar-refractivity contribution in [1.82, 2.24) is 9.62 Å². The minimum Gasteiger partial charge on any atom is -0.465 e. The van der Waals surface area contributed by atoms with Gasteiger partial charge in [-0.1, -0.05) is 35.8 Å². The Bertz CT molecular complexity index is 756. The maximum Gasteiger partial charge on any atom is 0.407 e. The summed E-state index contributed by atoms with van der Waals surface area (Å²) < 4.78 is 31.3. The molecule has 25 heavy (non-hydrogen) atoms. The van der Waals surface area contributed by atoms with E-state index < -0.39 is 28.1 Å². The molecule has 0 unspecified atom stereocenters. The molecular weight excluding hydrogens is 391 g/mol. The van der Waals surface area contributed by atoms with Crippen LogP contribution < -0.4 is 4.72 Å². The molecule has 1 heterocycles. The van der Waals surface area contributed by atoms with Crippen LogP contribution in [0.15, 0.2) is 30.2 Å². The Kier molecular flexibility index (Phi) is 6.70. The lowest BCUT2D eigenvalue weighted by Gasteiger charge is -2.27. The van der Waals surface area contributed by atoms with E-state index in [1.54, 1.807) is 18.2 Å². The molecule has 1 aliphatic heterocycles. The van der Waals surface area contributed by atoms with Crippen LogP contribution >= 0.6 is 23.2 Å². The first-order valence-corrected chi connectivity index (χ1v) is 9.70. The van der Waals surface area contributed by atoms with Gasteiger partial charge in [-0.15, -0.1) is 0 Å². The van der Waals surface area contributed by atoms with E-state index in [1.165, 1.54) is 4.90 Å². The lowest BCUT2D eigenvalue weighted by molar-refractivity contribution is 0.0547. The van der Waals surface area contributed by atoms with Crippen LogP contribution in [0, 0.1) is 0 Å². The third-order valence-corrected chi connectivity index (χ3v) is 5.65. The SMILES string of the molecule is C=CS(=O)(=O)NC[C@H]1OCCN(C(=O)O)C[C@H]1c1ccc(Cl)c(Cl)c1. The zero-order chi connectivity index (χ0) is 18.6. The fourth-order valence-electron chi connectivity index (χ4n) is 2.57. The molecule has 2 rings (SSSR count). The Morgan fingerprint density at radius 2 is 2.16 bits per heavy atom. The molecule has 2 atom stereocenters.